The highest BCUT2D eigenvalue weighted by Crippen LogP contribution is 2.41. The van der Waals surface area contributed by atoms with Crippen molar-refractivity contribution in [1.29, 1.82) is 0 Å². The van der Waals surface area contributed by atoms with Crippen LogP contribution >= 0.6 is 0 Å². The van der Waals surface area contributed by atoms with Crippen molar-refractivity contribution in [3.05, 3.63) is 59.7 Å². The van der Waals surface area contributed by atoms with Gasteiger partial charge >= 0.3 is 0 Å². The van der Waals surface area contributed by atoms with Gasteiger partial charge in [0, 0.05) is 5.56 Å². The maximum absolute atomic E-state index is 12.6. The van der Waals surface area contributed by atoms with Crippen LogP contribution in [0, 0.1) is 5.92 Å². The fourth-order valence-electron chi connectivity index (χ4n) is 2.77. The van der Waals surface area contributed by atoms with Crippen LogP contribution in [0.25, 0.3) is 0 Å². The first-order valence-electron chi connectivity index (χ1n) is 7.80. The Morgan fingerprint density at radius 3 is 2.35 bits per heavy atom. The maximum Gasteiger partial charge on any atom is 0.251 e. The van der Waals surface area contributed by atoms with E-state index in [1.807, 2.05) is 18.2 Å². The average Bonchev–Trinajstić information content (AvgIpc) is 3.44. The minimum atomic E-state index is -0.0910. The number of rotatable bonds is 6. The summed E-state index contributed by atoms with van der Waals surface area (Å²) in [5, 5.41) is 3.17. The Morgan fingerprint density at radius 2 is 1.74 bits per heavy atom. The van der Waals surface area contributed by atoms with Crippen LogP contribution in [0.5, 0.6) is 11.5 Å². The van der Waals surface area contributed by atoms with E-state index in [4.69, 9.17) is 9.47 Å². The first-order valence-corrected chi connectivity index (χ1v) is 7.80. The van der Waals surface area contributed by atoms with Gasteiger partial charge in [0.1, 0.15) is 0 Å². The van der Waals surface area contributed by atoms with E-state index in [1.165, 1.54) is 0 Å². The standard InChI is InChI=1S/C19H21NO3/c1-22-16-11-10-15(12-17(16)23-2)19(21)20-18(14-8-9-14)13-6-4-3-5-7-13/h3-7,10-12,14,18H,8-9H2,1-2H3,(H,20,21). The van der Waals surface area contributed by atoms with E-state index in [0.29, 0.717) is 23.0 Å². The minimum absolute atomic E-state index is 0.0665. The molecule has 0 aliphatic heterocycles. The van der Waals surface area contributed by atoms with Crippen LogP contribution in [0.2, 0.25) is 0 Å². The molecule has 1 unspecified atom stereocenters. The summed E-state index contributed by atoms with van der Waals surface area (Å²) in [5.74, 6) is 1.61. The number of methoxy groups -OCH3 is 2. The zero-order chi connectivity index (χ0) is 16.2. The first kappa shape index (κ1) is 15.4. The molecule has 4 heteroatoms. The van der Waals surface area contributed by atoms with Gasteiger partial charge in [-0.05, 0) is 42.5 Å². The minimum Gasteiger partial charge on any atom is -0.493 e. The SMILES string of the molecule is COc1ccc(C(=O)NC(c2ccccc2)C2CC2)cc1OC. The molecule has 23 heavy (non-hydrogen) atoms. The molecule has 0 saturated heterocycles. The third-order valence-electron chi connectivity index (χ3n) is 4.18. The van der Waals surface area contributed by atoms with Crippen molar-refractivity contribution >= 4 is 5.91 Å². The van der Waals surface area contributed by atoms with Gasteiger partial charge < -0.3 is 14.8 Å². The van der Waals surface area contributed by atoms with E-state index in [9.17, 15) is 4.79 Å². The molecule has 1 fully saturated rings. The Kier molecular flexibility index (Phi) is 4.51. The molecular weight excluding hydrogens is 290 g/mol. The largest absolute Gasteiger partial charge is 0.493 e. The van der Waals surface area contributed by atoms with Crippen molar-refractivity contribution in [3.63, 3.8) is 0 Å². The number of carbonyl (C=O) groups is 1. The zero-order valence-electron chi connectivity index (χ0n) is 13.4. The lowest BCUT2D eigenvalue weighted by atomic mass is 10.0. The summed E-state index contributed by atoms with van der Waals surface area (Å²) in [6.07, 6.45) is 2.32. The lowest BCUT2D eigenvalue weighted by Gasteiger charge is -2.19. The van der Waals surface area contributed by atoms with Gasteiger partial charge in [0.15, 0.2) is 11.5 Å². The number of benzene rings is 2. The van der Waals surface area contributed by atoms with Crippen LogP contribution in [0.1, 0.15) is 34.8 Å². The van der Waals surface area contributed by atoms with Crippen molar-refractivity contribution in [3.8, 4) is 11.5 Å². The lowest BCUT2D eigenvalue weighted by molar-refractivity contribution is 0.0931. The summed E-state index contributed by atoms with van der Waals surface area (Å²) >= 11 is 0. The molecule has 3 rings (SSSR count). The van der Waals surface area contributed by atoms with Gasteiger partial charge in [-0.1, -0.05) is 30.3 Å². The molecule has 0 heterocycles. The molecule has 1 atom stereocenters. The van der Waals surface area contributed by atoms with Crippen LogP contribution in [0.4, 0.5) is 0 Å². The number of hydrogen-bond acceptors (Lipinski definition) is 3. The average molecular weight is 311 g/mol. The summed E-state index contributed by atoms with van der Waals surface area (Å²) in [6.45, 7) is 0. The number of carbonyl (C=O) groups excluding carboxylic acids is 1. The molecule has 1 amide bonds. The first-order chi connectivity index (χ1) is 11.2. The fourth-order valence-corrected chi connectivity index (χ4v) is 2.77. The summed E-state index contributed by atoms with van der Waals surface area (Å²) in [7, 11) is 3.15. The van der Waals surface area contributed by atoms with E-state index in [2.05, 4.69) is 17.4 Å². The molecular formula is C19H21NO3. The summed E-state index contributed by atoms with van der Waals surface area (Å²) < 4.78 is 10.5. The van der Waals surface area contributed by atoms with Gasteiger partial charge in [-0.25, -0.2) is 0 Å². The second-order valence-corrected chi connectivity index (χ2v) is 5.77. The van der Waals surface area contributed by atoms with E-state index >= 15 is 0 Å². The Morgan fingerprint density at radius 1 is 1.04 bits per heavy atom. The lowest BCUT2D eigenvalue weighted by Crippen LogP contribution is -2.29. The predicted molar refractivity (Wildman–Crippen MR) is 88.9 cm³/mol. The fraction of sp³-hybridized carbons (Fsp3) is 0.316. The normalized spacial score (nSPS) is 14.9. The molecule has 0 spiro atoms. The quantitative estimate of drug-likeness (QED) is 0.887. The molecule has 0 bridgehead atoms. The number of ether oxygens (including phenoxy) is 2. The van der Waals surface area contributed by atoms with E-state index in [-0.39, 0.29) is 11.9 Å². The molecule has 0 radical (unpaired) electrons. The van der Waals surface area contributed by atoms with E-state index in [1.54, 1.807) is 32.4 Å². The molecule has 1 aliphatic carbocycles. The molecule has 1 aliphatic rings. The van der Waals surface area contributed by atoms with Crippen LogP contribution in [-0.2, 0) is 0 Å². The van der Waals surface area contributed by atoms with Crippen LogP contribution in [-0.4, -0.2) is 20.1 Å². The Bertz CT molecular complexity index is 680. The zero-order valence-corrected chi connectivity index (χ0v) is 13.4. The monoisotopic (exact) mass is 311 g/mol. The molecule has 2 aromatic rings. The molecule has 1 N–H and O–H groups in total. The van der Waals surface area contributed by atoms with Crippen molar-refractivity contribution in [2.75, 3.05) is 14.2 Å². The van der Waals surface area contributed by atoms with Gasteiger partial charge in [0.2, 0.25) is 0 Å². The Balaban J connectivity index is 1.80. The van der Waals surface area contributed by atoms with Crippen LogP contribution in [0.15, 0.2) is 48.5 Å². The second kappa shape index (κ2) is 6.73. The molecule has 120 valence electrons. The highest BCUT2D eigenvalue weighted by atomic mass is 16.5. The maximum atomic E-state index is 12.6. The van der Waals surface area contributed by atoms with Gasteiger partial charge in [0.05, 0.1) is 20.3 Å². The van der Waals surface area contributed by atoms with Crippen LogP contribution < -0.4 is 14.8 Å². The van der Waals surface area contributed by atoms with Gasteiger partial charge in [0.25, 0.3) is 5.91 Å². The smallest absolute Gasteiger partial charge is 0.251 e. The molecule has 2 aromatic carbocycles. The molecule has 0 aromatic heterocycles. The highest BCUT2D eigenvalue weighted by Gasteiger charge is 2.33. The van der Waals surface area contributed by atoms with Crippen molar-refractivity contribution < 1.29 is 14.3 Å². The third kappa shape index (κ3) is 3.47. The highest BCUT2D eigenvalue weighted by molar-refractivity contribution is 5.95. The van der Waals surface area contributed by atoms with Crippen molar-refractivity contribution in [1.82, 2.24) is 5.32 Å². The second-order valence-electron chi connectivity index (χ2n) is 5.77. The summed E-state index contributed by atoms with van der Waals surface area (Å²) in [5.41, 5.74) is 1.73. The summed E-state index contributed by atoms with van der Waals surface area (Å²) in [6, 6.07) is 15.4. The number of hydrogen-bond donors (Lipinski definition) is 1. The number of nitrogens with one attached hydrogen (secondary N) is 1. The molecule has 1 saturated carbocycles. The predicted octanol–water partition coefficient (Wildman–Crippen LogP) is 3.58. The summed E-state index contributed by atoms with van der Waals surface area (Å²) in [4.78, 5) is 12.6. The Labute approximate surface area is 136 Å². The third-order valence-corrected chi connectivity index (χ3v) is 4.18. The topological polar surface area (TPSA) is 47.6 Å². The molecule has 4 nitrogen and oxygen atoms in total. The van der Waals surface area contributed by atoms with Crippen molar-refractivity contribution in [2.45, 2.75) is 18.9 Å². The van der Waals surface area contributed by atoms with Crippen LogP contribution in [0.3, 0.4) is 0 Å². The van der Waals surface area contributed by atoms with E-state index < -0.39 is 0 Å². The number of amides is 1. The van der Waals surface area contributed by atoms with Gasteiger partial charge in [-0.3, -0.25) is 4.79 Å². The van der Waals surface area contributed by atoms with Crippen molar-refractivity contribution in [2.24, 2.45) is 5.92 Å². The van der Waals surface area contributed by atoms with E-state index in [0.717, 1.165) is 18.4 Å². The van der Waals surface area contributed by atoms with Gasteiger partial charge in [-0.2, -0.15) is 0 Å². The van der Waals surface area contributed by atoms with Gasteiger partial charge in [-0.15, -0.1) is 0 Å². The Hall–Kier alpha value is -2.49.